The molecule has 2 aromatic rings. The van der Waals surface area contributed by atoms with E-state index in [1.54, 1.807) is 6.92 Å². The molecule has 0 saturated carbocycles. The lowest BCUT2D eigenvalue weighted by Crippen LogP contribution is -2.48. The fourth-order valence-electron chi connectivity index (χ4n) is 2.84. The van der Waals surface area contributed by atoms with Crippen molar-refractivity contribution in [3.8, 4) is 11.5 Å². The minimum Gasteiger partial charge on any atom is -0.483 e. The van der Waals surface area contributed by atoms with Crippen LogP contribution in [0.4, 0.5) is 0 Å². The highest BCUT2D eigenvalue weighted by Gasteiger charge is 2.16. The van der Waals surface area contributed by atoms with Crippen molar-refractivity contribution in [1.29, 1.82) is 0 Å². The smallest absolute Gasteiger partial charge is 0.279 e. The lowest BCUT2D eigenvalue weighted by atomic mass is 9.98. The summed E-state index contributed by atoms with van der Waals surface area (Å²) in [6.07, 6.45) is 0.211. The van der Waals surface area contributed by atoms with Gasteiger partial charge in [0.15, 0.2) is 12.7 Å². The first-order valence-corrected chi connectivity index (χ1v) is 10.4. The molecule has 0 unspecified atom stereocenters. The maximum absolute atomic E-state index is 12.2. The van der Waals surface area contributed by atoms with Gasteiger partial charge in [-0.2, -0.15) is 0 Å². The molecule has 0 heterocycles. The van der Waals surface area contributed by atoms with Gasteiger partial charge in [-0.25, -0.2) is 0 Å². The van der Waals surface area contributed by atoms with Crippen LogP contribution in [-0.2, 0) is 9.59 Å². The van der Waals surface area contributed by atoms with Crippen molar-refractivity contribution in [2.45, 2.75) is 59.0 Å². The van der Waals surface area contributed by atoms with E-state index in [0.717, 1.165) is 12.0 Å². The van der Waals surface area contributed by atoms with Crippen LogP contribution in [0.5, 0.6) is 11.5 Å². The summed E-state index contributed by atoms with van der Waals surface area (Å²) in [7, 11) is 0. The summed E-state index contributed by atoms with van der Waals surface area (Å²) >= 11 is 0. The number of rotatable bonds is 9. The second-order valence-electron chi connectivity index (χ2n) is 7.66. The Labute approximate surface area is 178 Å². The average molecular weight is 413 g/mol. The SMILES string of the molecule is CC[C@H](C)c1ccccc1OCC(=O)NNC(=O)[C@@H](C)Oc1ccc(C(C)C)cc1. The van der Waals surface area contributed by atoms with Gasteiger partial charge in [0.05, 0.1) is 0 Å². The van der Waals surface area contributed by atoms with E-state index < -0.39 is 17.9 Å². The van der Waals surface area contributed by atoms with Gasteiger partial charge < -0.3 is 9.47 Å². The highest BCUT2D eigenvalue weighted by atomic mass is 16.5. The van der Waals surface area contributed by atoms with Crippen LogP contribution in [0, 0.1) is 0 Å². The molecule has 30 heavy (non-hydrogen) atoms. The molecule has 0 spiro atoms. The summed E-state index contributed by atoms with van der Waals surface area (Å²) in [6.45, 7) is 9.87. The normalized spacial score (nSPS) is 12.7. The van der Waals surface area contributed by atoms with Gasteiger partial charge in [-0.15, -0.1) is 0 Å². The number of para-hydroxylation sites is 1. The number of benzene rings is 2. The fraction of sp³-hybridized carbons (Fsp3) is 0.417. The minimum atomic E-state index is -0.762. The quantitative estimate of drug-likeness (QED) is 0.602. The van der Waals surface area contributed by atoms with Crippen LogP contribution in [0.1, 0.15) is 64.0 Å². The summed E-state index contributed by atoms with van der Waals surface area (Å²) in [4.78, 5) is 24.3. The van der Waals surface area contributed by atoms with E-state index >= 15 is 0 Å². The Morgan fingerprint density at radius 3 is 2.23 bits per heavy atom. The maximum Gasteiger partial charge on any atom is 0.279 e. The van der Waals surface area contributed by atoms with E-state index in [2.05, 4.69) is 38.5 Å². The first-order valence-electron chi connectivity index (χ1n) is 10.4. The van der Waals surface area contributed by atoms with Crippen molar-refractivity contribution in [3.05, 3.63) is 59.7 Å². The van der Waals surface area contributed by atoms with Gasteiger partial charge in [0.2, 0.25) is 0 Å². The molecule has 6 heteroatoms. The summed E-state index contributed by atoms with van der Waals surface area (Å²) < 4.78 is 11.3. The molecule has 0 radical (unpaired) electrons. The molecule has 2 aromatic carbocycles. The summed E-state index contributed by atoms with van der Waals surface area (Å²) in [6, 6.07) is 15.3. The number of amides is 2. The zero-order chi connectivity index (χ0) is 22.1. The molecule has 0 bridgehead atoms. The Hall–Kier alpha value is -3.02. The maximum atomic E-state index is 12.2. The van der Waals surface area contributed by atoms with Gasteiger partial charge >= 0.3 is 0 Å². The monoisotopic (exact) mass is 412 g/mol. The van der Waals surface area contributed by atoms with E-state index in [0.29, 0.717) is 23.3 Å². The van der Waals surface area contributed by atoms with Crippen LogP contribution >= 0.6 is 0 Å². The van der Waals surface area contributed by atoms with E-state index in [1.807, 2.05) is 48.5 Å². The minimum absolute atomic E-state index is 0.195. The number of hydrazine groups is 1. The fourth-order valence-corrected chi connectivity index (χ4v) is 2.84. The Balaban J connectivity index is 1.79. The zero-order valence-corrected chi connectivity index (χ0v) is 18.4. The van der Waals surface area contributed by atoms with Crippen molar-refractivity contribution in [1.82, 2.24) is 10.9 Å². The molecule has 2 N–H and O–H groups in total. The van der Waals surface area contributed by atoms with E-state index in [1.165, 1.54) is 5.56 Å². The third-order valence-electron chi connectivity index (χ3n) is 4.98. The van der Waals surface area contributed by atoms with Crippen molar-refractivity contribution in [2.24, 2.45) is 0 Å². The van der Waals surface area contributed by atoms with Gasteiger partial charge in [-0.3, -0.25) is 20.4 Å². The lowest BCUT2D eigenvalue weighted by molar-refractivity contribution is -0.133. The van der Waals surface area contributed by atoms with Crippen molar-refractivity contribution >= 4 is 11.8 Å². The van der Waals surface area contributed by atoms with Gasteiger partial charge in [0.1, 0.15) is 11.5 Å². The van der Waals surface area contributed by atoms with E-state index in [4.69, 9.17) is 9.47 Å². The molecule has 2 rings (SSSR count). The predicted octanol–water partition coefficient (Wildman–Crippen LogP) is 4.32. The molecule has 0 aliphatic heterocycles. The first-order chi connectivity index (χ1) is 14.3. The number of hydrogen-bond donors (Lipinski definition) is 2. The molecule has 0 saturated heterocycles. The Kier molecular flexibility index (Phi) is 8.71. The van der Waals surface area contributed by atoms with E-state index in [-0.39, 0.29) is 6.61 Å². The molecule has 6 nitrogen and oxygen atoms in total. The highest BCUT2D eigenvalue weighted by molar-refractivity contribution is 5.85. The van der Waals surface area contributed by atoms with Gasteiger partial charge in [-0.1, -0.05) is 58.0 Å². The molecule has 0 aliphatic rings. The van der Waals surface area contributed by atoms with Crippen molar-refractivity contribution < 1.29 is 19.1 Å². The van der Waals surface area contributed by atoms with Crippen LogP contribution in [0.2, 0.25) is 0 Å². The van der Waals surface area contributed by atoms with E-state index in [9.17, 15) is 9.59 Å². The molecule has 0 fully saturated rings. The largest absolute Gasteiger partial charge is 0.483 e. The second kappa shape index (κ2) is 11.2. The lowest BCUT2D eigenvalue weighted by Gasteiger charge is -2.17. The van der Waals surface area contributed by atoms with Crippen molar-refractivity contribution in [2.75, 3.05) is 6.61 Å². The summed E-state index contributed by atoms with van der Waals surface area (Å²) in [5.74, 6) is 1.13. The van der Waals surface area contributed by atoms with Crippen LogP contribution < -0.4 is 20.3 Å². The summed E-state index contributed by atoms with van der Waals surface area (Å²) in [5, 5.41) is 0. The van der Waals surface area contributed by atoms with Gasteiger partial charge in [0.25, 0.3) is 11.8 Å². The average Bonchev–Trinajstić information content (AvgIpc) is 2.75. The third kappa shape index (κ3) is 6.79. The Morgan fingerprint density at radius 2 is 1.60 bits per heavy atom. The molecule has 162 valence electrons. The summed E-state index contributed by atoms with van der Waals surface area (Å²) in [5.41, 5.74) is 6.99. The number of hydrogen-bond acceptors (Lipinski definition) is 4. The molecule has 0 aliphatic carbocycles. The van der Waals surface area contributed by atoms with Gasteiger partial charge in [0, 0.05) is 0 Å². The Morgan fingerprint density at radius 1 is 0.933 bits per heavy atom. The standard InChI is InChI=1S/C24H32N2O4/c1-6-17(4)21-9-7-8-10-22(21)29-15-23(27)25-26-24(28)18(5)30-20-13-11-19(12-14-20)16(2)3/h7-14,16-18H,6,15H2,1-5H3,(H,25,27)(H,26,28)/t17-,18+/m0/s1. The molecule has 0 aromatic heterocycles. The first kappa shape index (κ1) is 23.3. The number of carbonyl (C=O) groups is 2. The predicted molar refractivity (Wildman–Crippen MR) is 118 cm³/mol. The topological polar surface area (TPSA) is 76.7 Å². The number of ether oxygens (including phenoxy) is 2. The van der Waals surface area contributed by atoms with Crippen LogP contribution in [0.25, 0.3) is 0 Å². The molecular weight excluding hydrogens is 380 g/mol. The van der Waals surface area contributed by atoms with Crippen LogP contribution in [0.15, 0.2) is 48.5 Å². The number of carbonyl (C=O) groups excluding carboxylic acids is 2. The second-order valence-corrected chi connectivity index (χ2v) is 7.66. The number of nitrogens with one attached hydrogen (secondary N) is 2. The van der Waals surface area contributed by atoms with Crippen molar-refractivity contribution in [3.63, 3.8) is 0 Å². The van der Waals surface area contributed by atoms with Crippen LogP contribution in [-0.4, -0.2) is 24.5 Å². The molecular formula is C24H32N2O4. The third-order valence-corrected chi connectivity index (χ3v) is 4.98. The van der Waals surface area contributed by atoms with Gasteiger partial charge in [-0.05, 0) is 54.5 Å². The Bertz CT molecular complexity index is 833. The molecule has 2 atom stereocenters. The zero-order valence-electron chi connectivity index (χ0n) is 18.4. The molecule has 2 amide bonds. The highest BCUT2D eigenvalue weighted by Crippen LogP contribution is 2.28. The van der Waals surface area contributed by atoms with Crippen LogP contribution in [0.3, 0.4) is 0 Å².